The molecule has 0 spiro atoms. The van der Waals surface area contributed by atoms with Crippen molar-refractivity contribution in [1.29, 1.82) is 0 Å². The molecule has 32 heavy (non-hydrogen) atoms. The normalized spacial score (nSPS) is 14.3. The smallest absolute Gasteiger partial charge is 0.266 e. The standard InChI is InChI=1S/C27H19N3O2/c1-29-16-21(19-12-6-8-14-23(19)29)25-24(20-15-28-22-13-7-5-11-18(20)22)26(31)30(27(25)32)17-9-3-2-4-10-17/h2-16,28H,1H3. The quantitative estimate of drug-likeness (QED) is 0.413. The molecule has 5 nitrogen and oxygen atoms in total. The third-order valence-electron chi connectivity index (χ3n) is 6.12. The monoisotopic (exact) mass is 417 g/mol. The van der Waals surface area contributed by atoms with Crippen molar-refractivity contribution in [2.45, 2.75) is 0 Å². The van der Waals surface area contributed by atoms with Gasteiger partial charge in [0, 0.05) is 52.4 Å². The molecule has 2 amide bonds. The Bertz CT molecular complexity index is 1570. The maximum atomic E-state index is 13.8. The summed E-state index contributed by atoms with van der Waals surface area (Å²) in [6, 6.07) is 24.9. The second-order valence-corrected chi connectivity index (χ2v) is 7.95. The molecule has 6 rings (SSSR count). The number of H-pyrrole nitrogens is 1. The molecule has 3 aromatic carbocycles. The summed E-state index contributed by atoms with van der Waals surface area (Å²) in [7, 11) is 1.95. The average molecular weight is 417 g/mol. The number of carbonyl (C=O) groups is 2. The molecule has 0 atom stereocenters. The Balaban J connectivity index is 1.68. The summed E-state index contributed by atoms with van der Waals surface area (Å²) in [6.07, 6.45) is 3.76. The van der Waals surface area contributed by atoms with Crippen LogP contribution in [0.5, 0.6) is 0 Å². The van der Waals surface area contributed by atoms with E-state index in [2.05, 4.69) is 4.98 Å². The van der Waals surface area contributed by atoms with Crippen LogP contribution in [-0.4, -0.2) is 21.4 Å². The van der Waals surface area contributed by atoms with Gasteiger partial charge in [-0.3, -0.25) is 9.59 Å². The number of anilines is 1. The lowest BCUT2D eigenvalue weighted by atomic mass is 9.95. The molecule has 154 valence electrons. The van der Waals surface area contributed by atoms with Crippen LogP contribution < -0.4 is 4.90 Å². The molecule has 1 N–H and O–H groups in total. The molecule has 0 unspecified atom stereocenters. The van der Waals surface area contributed by atoms with Crippen LogP contribution in [0.25, 0.3) is 33.0 Å². The van der Waals surface area contributed by atoms with E-state index >= 15 is 0 Å². The first kappa shape index (κ1) is 18.4. The predicted molar refractivity (Wildman–Crippen MR) is 127 cm³/mol. The maximum absolute atomic E-state index is 13.8. The van der Waals surface area contributed by atoms with Crippen LogP contribution >= 0.6 is 0 Å². The van der Waals surface area contributed by atoms with E-state index in [4.69, 9.17) is 0 Å². The summed E-state index contributed by atoms with van der Waals surface area (Å²) in [4.78, 5) is 32.2. The first-order valence-electron chi connectivity index (χ1n) is 10.4. The van der Waals surface area contributed by atoms with Crippen molar-refractivity contribution in [2.75, 3.05) is 4.90 Å². The van der Waals surface area contributed by atoms with E-state index in [0.717, 1.165) is 32.9 Å². The second-order valence-electron chi connectivity index (χ2n) is 7.95. The van der Waals surface area contributed by atoms with Crippen LogP contribution in [0.1, 0.15) is 11.1 Å². The zero-order chi connectivity index (χ0) is 21.8. The van der Waals surface area contributed by atoms with E-state index in [1.807, 2.05) is 90.7 Å². The zero-order valence-electron chi connectivity index (χ0n) is 17.4. The van der Waals surface area contributed by atoms with Gasteiger partial charge in [-0.05, 0) is 24.3 Å². The SMILES string of the molecule is Cn1cc(C2=C(c3c[nH]c4ccccc34)C(=O)N(c3ccccc3)C2=O)c2ccccc21. The highest BCUT2D eigenvalue weighted by molar-refractivity contribution is 6.58. The van der Waals surface area contributed by atoms with E-state index in [1.165, 1.54) is 4.90 Å². The number of nitrogens with one attached hydrogen (secondary N) is 1. The van der Waals surface area contributed by atoms with Crippen molar-refractivity contribution in [3.63, 3.8) is 0 Å². The molecule has 0 radical (unpaired) electrons. The topological polar surface area (TPSA) is 58.1 Å². The minimum atomic E-state index is -0.311. The molecule has 3 heterocycles. The van der Waals surface area contributed by atoms with Gasteiger partial charge in [-0.25, -0.2) is 4.90 Å². The first-order valence-corrected chi connectivity index (χ1v) is 10.4. The molecule has 0 aliphatic carbocycles. The molecule has 1 aliphatic rings. The Morgan fingerprint density at radius 3 is 2.09 bits per heavy atom. The molecule has 0 fully saturated rings. The van der Waals surface area contributed by atoms with E-state index in [1.54, 1.807) is 12.1 Å². The first-order chi connectivity index (χ1) is 15.6. The van der Waals surface area contributed by atoms with Crippen LogP contribution in [0.2, 0.25) is 0 Å². The van der Waals surface area contributed by atoms with Gasteiger partial charge in [0.05, 0.1) is 16.8 Å². The number of benzene rings is 3. The highest BCUT2D eigenvalue weighted by Crippen LogP contribution is 2.42. The fourth-order valence-corrected chi connectivity index (χ4v) is 4.66. The number of hydrogen-bond acceptors (Lipinski definition) is 2. The van der Waals surface area contributed by atoms with Gasteiger partial charge in [0.1, 0.15) is 0 Å². The van der Waals surface area contributed by atoms with Crippen molar-refractivity contribution in [3.8, 4) is 0 Å². The maximum Gasteiger partial charge on any atom is 0.266 e. The van der Waals surface area contributed by atoms with Crippen molar-refractivity contribution in [3.05, 3.63) is 102 Å². The van der Waals surface area contributed by atoms with Crippen LogP contribution in [0.3, 0.4) is 0 Å². The molecule has 0 saturated heterocycles. The number of imide groups is 1. The summed E-state index contributed by atoms with van der Waals surface area (Å²) in [5.41, 5.74) is 4.85. The number of aromatic nitrogens is 2. The second kappa shape index (κ2) is 6.82. The number of carbonyl (C=O) groups excluding carboxylic acids is 2. The Morgan fingerprint density at radius 1 is 0.688 bits per heavy atom. The lowest BCUT2D eigenvalue weighted by Crippen LogP contribution is -2.31. The lowest BCUT2D eigenvalue weighted by Gasteiger charge is -2.15. The van der Waals surface area contributed by atoms with Crippen LogP contribution in [-0.2, 0) is 16.6 Å². The Hall–Kier alpha value is -4.38. The minimum absolute atomic E-state index is 0.308. The number of para-hydroxylation sites is 3. The molecular formula is C27H19N3O2. The highest BCUT2D eigenvalue weighted by Gasteiger charge is 2.42. The fourth-order valence-electron chi connectivity index (χ4n) is 4.66. The summed E-state index contributed by atoms with van der Waals surface area (Å²) in [5.74, 6) is -0.619. The van der Waals surface area contributed by atoms with Crippen molar-refractivity contribution < 1.29 is 9.59 Å². The van der Waals surface area contributed by atoms with Gasteiger partial charge in [0.2, 0.25) is 0 Å². The van der Waals surface area contributed by atoms with Crippen molar-refractivity contribution in [2.24, 2.45) is 7.05 Å². The summed E-state index contributed by atoms with van der Waals surface area (Å²) < 4.78 is 1.99. The van der Waals surface area contributed by atoms with Gasteiger partial charge >= 0.3 is 0 Å². The predicted octanol–water partition coefficient (Wildman–Crippen LogP) is 5.14. The number of hydrogen-bond donors (Lipinski definition) is 1. The van der Waals surface area contributed by atoms with E-state index in [0.29, 0.717) is 16.8 Å². The zero-order valence-corrected chi connectivity index (χ0v) is 17.4. The highest BCUT2D eigenvalue weighted by atomic mass is 16.2. The lowest BCUT2D eigenvalue weighted by molar-refractivity contribution is -0.119. The molecule has 5 heteroatoms. The van der Waals surface area contributed by atoms with Crippen LogP contribution in [0.15, 0.2) is 91.3 Å². The Labute approximate surface area is 184 Å². The van der Waals surface area contributed by atoms with E-state index < -0.39 is 0 Å². The van der Waals surface area contributed by atoms with Crippen LogP contribution in [0, 0.1) is 0 Å². The molecule has 0 saturated carbocycles. The summed E-state index contributed by atoms with van der Waals surface area (Å²) >= 11 is 0. The summed E-state index contributed by atoms with van der Waals surface area (Å²) in [5, 5.41) is 1.86. The van der Waals surface area contributed by atoms with E-state index in [9.17, 15) is 9.59 Å². The number of aryl methyl sites for hydroxylation is 1. The Morgan fingerprint density at radius 2 is 1.31 bits per heavy atom. The van der Waals surface area contributed by atoms with Crippen molar-refractivity contribution in [1.82, 2.24) is 9.55 Å². The van der Waals surface area contributed by atoms with Gasteiger partial charge in [-0.1, -0.05) is 54.6 Å². The molecular weight excluding hydrogens is 398 g/mol. The number of rotatable bonds is 3. The average Bonchev–Trinajstić information content (AvgIpc) is 3.46. The van der Waals surface area contributed by atoms with Gasteiger partial charge in [0.25, 0.3) is 11.8 Å². The fraction of sp³-hybridized carbons (Fsp3) is 0.0370. The summed E-state index contributed by atoms with van der Waals surface area (Å²) in [6.45, 7) is 0. The van der Waals surface area contributed by atoms with Gasteiger partial charge in [-0.15, -0.1) is 0 Å². The molecule has 2 aromatic heterocycles. The van der Waals surface area contributed by atoms with E-state index in [-0.39, 0.29) is 11.8 Å². The third kappa shape index (κ3) is 2.51. The minimum Gasteiger partial charge on any atom is -0.361 e. The number of aromatic amines is 1. The van der Waals surface area contributed by atoms with Crippen LogP contribution in [0.4, 0.5) is 5.69 Å². The molecule has 5 aromatic rings. The van der Waals surface area contributed by atoms with Gasteiger partial charge in [0.15, 0.2) is 0 Å². The van der Waals surface area contributed by atoms with Crippen molar-refractivity contribution >= 4 is 50.5 Å². The number of nitrogens with zero attached hydrogens (tertiary/aromatic N) is 2. The molecule has 0 bridgehead atoms. The Kier molecular flexibility index (Phi) is 3.92. The van der Waals surface area contributed by atoms with Gasteiger partial charge in [-0.2, -0.15) is 0 Å². The van der Waals surface area contributed by atoms with Gasteiger partial charge < -0.3 is 9.55 Å². The number of amides is 2. The third-order valence-corrected chi connectivity index (χ3v) is 6.12. The molecule has 1 aliphatic heterocycles. The number of fused-ring (bicyclic) bond motifs is 2. The largest absolute Gasteiger partial charge is 0.361 e.